The fraction of sp³-hybridized carbons (Fsp3) is 0.100. The molecule has 3 aromatic rings. The normalized spacial score (nSPS) is 10.5. The molecule has 11 heteroatoms. The molecule has 0 aliphatic carbocycles. The first kappa shape index (κ1) is 12.7. The molecule has 106 valence electrons. The lowest BCUT2D eigenvalue weighted by Gasteiger charge is -2.03. The summed E-state index contributed by atoms with van der Waals surface area (Å²) in [4.78, 5) is 27.2. The minimum atomic E-state index is -0.664. The summed E-state index contributed by atoms with van der Waals surface area (Å²) < 4.78 is 7.13. The van der Waals surface area contributed by atoms with Gasteiger partial charge in [0.1, 0.15) is 6.33 Å². The number of aromatic nitrogens is 8. The molecular formula is C10H9N9O2. The van der Waals surface area contributed by atoms with E-state index in [1.807, 2.05) is 0 Å². The number of nitrogen functional groups attached to an aromatic ring is 1. The lowest BCUT2D eigenvalue weighted by Crippen LogP contribution is -2.12. The average Bonchev–Trinajstić information content (AvgIpc) is 3.17. The van der Waals surface area contributed by atoms with E-state index in [1.54, 1.807) is 18.5 Å². The van der Waals surface area contributed by atoms with Crippen molar-refractivity contribution >= 4 is 11.9 Å². The molecule has 11 nitrogen and oxygen atoms in total. The number of hydrogen-bond donors (Lipinski definition) is 1. The van der Waals surface area contributed by atoms with Crippen molar-refractivity contribution in [3.05, 3.63) is 30.6 Å². The first-order valence-electron chi connectivity index (χ1n) is 5.69. The number of methoxy groups -OCH3 is 1. The van der Waals surface area contributed by atoms with Gasteiger partial charge in [-0.15, -0.1) is 5.10 Å². The lowest BCUT2D eigenvalue weighted by atomic mass is 10.6. The maximum Gasteiger partial charge on any atom is 0.377 e. The summed E-state index contributed by atoms with van der Waals surface area (Å²) in [5.41, 5.74) is 5.64. The molecule has 0 fully saturated rings. The Hall–Kier alpha value is -3.37. The molecule has 21 heavy (non-hydrogen) atoms. The molecule has 0 bridgehead atoms. The van der Waals surface area contributed by atoms with E-state index in [9.17, 15) is 4.79 Å². The van der Waals surface area contributed by atoms with Crippen LogP contribution in [-0.4, -0.2) is 52.6 Å². The number of rotatable bonds is 3. The van der Waals surface area contributed by atoms with Crippen molar-refractivity contribution in [2.75, 3.05) is 12.8 Å². The highest BCUT2D eigenvalue weighted by atomic mass is 16.5. The summed E-state index contributed by atoms with van der Waals surface area (Å²) in [6, 6.07) is 1.71. The van der Waals surface area contributed by atoms with Crippen LogP contribution >= 0.6 is 0 Å². The van der Waals surface area contributed by atoms with Gasteiger partial charge >= 0.3 is 5.97 Å². The minimum absolute atomic E-state index is 0.0133. The number of esters is 1. The second kappa shape index (κ2) is 4.96. The van der Waals surface area contributed by atoms with Gasteiger partial charge in [0, 0.05) is 12.4 Å². The van der Waals surface area contributed by atoms with Crippen LogP contribution in [-0.2, 0) is 4.74 Å². The SMILES string of the molecule is COC(=O)c1ncn(-c2nc(N)nc(-n3cccn3)n2)n1. The fourth-order valence-electron chi connectivity index (χ4n) is 1.51. The van der Waals surface area contributed by atoms with Crippen LogP contribution < -0.4 is 5.73 Å². The van der Waals surface area contributed by atoms with E-state index in [-0.39, 0.29) is 23.7 Å². The Labute approximate surface area is 117 Å². The summed E-state index contributed by atoms with van der Waals surface area (Å²) in [7, 11) is 1.24. The van der Waals surface area contributed by atoms with Crippen LogP contribution in [0.3, 0.4) is 0 Å². The van der Waals surface area contributed by atoms with Crippen LogP contribution in [0.4, 0.5) is 5.95 Å². The number of nitrogens with two attached hydrogens (primary N) is 1. The van der Waals surface area contributed by atoms with Crippen LogP contribution in [0, 0.1) is 0 Å². The van der Waals surface area contributed by atoms with Crippen molar-refractivity contribution < 1.29 is 9.53 Å². The third-order valence-electron chi connectivity index (χ3n) is 2.40. The molecule has 0 amide bonds. The zero-order valence-electron chi connectivity index (χ0n) is 10.8. The van der Waals surface area contributed by atoms with E-state index in [4.69, 9.17) is 5.73 Å². The van der Waals surface area contributed by atoms with E-state index in [0.717, 1.165) is 0 Å². The molecule has 2 N–H and O–H groups in total. The zero-order chi connectivity index (χ0) is 14.8. The van der Waals surface area contributed by atoms with Crippen molar-refractivity contribution in [1.82, 2.24) is 39.5 Å². The Kier molecular flexibility index (Phi) is 2.99. The quantitative estimate of drug-likeness (QED) is 0.601. The molecule has 0 saturated carbocycles. The standard InChI is InChI=1S/C10H9N9O2/c1-21-7(20)6-12-5-19(17-6)10-15-8(11)14-9(16-10)18-4-2-3-13-18/h2-5H,1H3,(H2,11,14,15,16). The number of carbonyl (C=O) groups is 1. The summed E-state index contributed by atoms with van der Waals surface area (Å²) in [5.74, 6) is -0.464. The van der Waals surface area contributed by atoms with E-state index in [0.29, 0.717) is 0 Å². The van der Waals surface area contributed by atoms with Gasteiger partial charge in [-0.2, -0.15) is 24.7 Å². The average molecular weight is 287 g/mol. The van der Waals surface area contributed by atoms with Crippen molar-refractivity contribution in [3.63, 3.8) is 0 Å². The number of carbonyl (C=O) groups excluding carboxylic acids is 1. The largest absolute Gasteiger partial charge is 0.463 e. The predicted octanol–water partition coefficient (Wildman–Crippen LogP) is -0.993. The Morgan fingerprint density at radius 3 is 2.67 bits per heavy atom. The molecule has 0 saturated heterocycles. The summed E-state index contributed by atoms with van der Waals surface area (Å²) in [6.45, 7) is 0. The predicted molar refractivity (Wildman–Crippen MR) is 67.6 cm³/mol. The van der Waals surface area contributed by atoms with Gasteiger partial charge in [-0.05, 0) is 6.07 Å². The van der Waals surface area contributed by atoms with Crippen LogP contribution in [0.5, 0.6) is 0 Å². The Morgan fingerprint density at radius 2 is 2.00 bits per heavy atom. The number of ether oxygens (including phenoxy) is 1. The van der Waals surface area contributed by atoms with Gasteiger partial charge in [-0.1, -0.05) is 0 Å². The first-order valence-corrected chi connectivity index (χ1v) is 5.69. The molecule has 0 radical (unpaired) electrons. The minimum Gasteiger partial charge on any atom is -0.463 e. The number of nitrogens with zero attached hydrogens (tertiary/aromatic N) is 8. The van der Waals surface area contributed by atoms with Crippen molar-refractivity contribution in [2.24, 2.45) is 0 Å². The molecule has 0 aromatic carbocycles. The van der Waals surface area contributed by atoms with Crippen molar-refractivity contribution in [3.8, 4) is 11.9 Å². The van der Waals surface area contributed by atoms with E-state index >= 15 is 0 Å². The molecule has 3 heterocycles. The summed E-state index contributed by atoms with van der Waals surface area (Å²) in [5, 5.41) is 7.91. The van der Waals surface area contributed by atoms with E-state index in [1.165, 1.54) is 22.8 Å². The Bertz CT molecular complexity index is 780. The van der Waals surface area contributed by atoms with E-state index < -0.39 is 5.97 Å². The third-order valence-corrected chi connectivity index (χ3v) is 2.40. The maximum absolute atomic E-state index is 11.3. The molecule has 3 aromatic heterocycles. The second-order valence-corrected chi connectivity index (χ2v) is 3.75. The molecule has 3 rings (SSSR count). The molecule has 0 unspecified atom stereocenters. The number of anilines is 1. The van der Waals surface area contributed by atoms with Gasteiger partial charge in [0.25, 0.3) is 17.7 Å². The van der Waals surface area contributed by atoms with Gasteiger partial charge in [0.2, 0.25) is 5.95 Å². The fourth-order valence-corrected chi connectivity index (χ4v) is 1.51. The van der Waals surface area contributed by atoms with Crippen LogP contribution in [0.25, 0.3) is 11.9 Å². The maximum atomic E-state index is 11.3. The number of hydrogen-bond acceptors (Lipinski definition) is 9. The van der Waals surface area contributed by atoms with Crippen molar-refractivity contribution in [1.29, 1.82) is 0 Å². The van der Waals surface area contributed by atoms with Gasteiger partial charge in [-0.25, -0.2) is 14.5 Å². The molecular weight excluding hydrogens is 278 g/mol. The second-order valence-electron chi connectivity index (χ2n) is 3.75. The summed E-state index contributed by atoms with van der Waals surface area (Å²) >= 11 is 0. The van der Waals surface area contributed by atoms with Crippen LogP contribution in [0.2, 0.25) is 0 Å². The van der Waals surface area contributed by atoms with Crippen LogP contribution in [0.1, 0.15) is 10.6 Å². The molecule has 0 spiro atoms. The van der Waals surface area contributed by atoms with Gasteiger partial charge in [-0.3, -0.25) is 0 Å². The van der Waals surface area contributed by atoms with E-state index in [2.05, 4.69) is 34.9 Å². The van der Waals surface area contributed by atoms with Crippen molar-refractivity contribution in [2.45, 2.75) is 0 Å². The highest BCUT2D eigenvalue weighted by molar-refractivity contribution is 5.84. The smallest absolute Gasteiger partial charge is 0.377 e. The van der Waals surface area contributed by atoms with Gasteiger partial charge in [0.05, 0.1) is 7.11 Å². The lowest BCUT2D eigenvalue weighted by molar-refractivity contribution is 0.0587. The molecule has 0 aliphatic heterocycles. The molecule has 0 aliphatic rings. The van der Waals surface area contributed by atoms with Gasteiger partial charge in [0.15, 0.2) is 0 Å². The monoisotopic (exact) mass is 287 g/mol. The van der Waals surface area contributed by atoms with Gasteiger partial charge < -0.3 is 10.5 Å². The highest BCUT2D eigenvalue weighted by Gasteiger charge is 2.15. The third kappa shape index (κ3) is 2.39. The van der Waals surface area contributed by atoms with Crippen LogP contribution in [0.15, 0.2) is 24.8 Å². The topological polar surface area (TPSA) is 140 Å². The zero-order valence-corrected chi connectivity index (χ0v) is 10.8. The Morgan fingerprint density at radius 1 is 1.24 bits per heavy atom. The highest BCUT2D eigenvalue weighted by Crippen LogP contribution is 2.06. The summed E-state index contributed by atoms with van der Waals surface area (Å²) in [6.07, 6.45) is 4.50. The molecule has 0 atom stereocenters. The first-order chi connectivity index (χ1) is 10.2. The Balaban J connectivity index is 2.02.